The van der Waals surface area contributed by atoms with Crippen molar-refractivity contribution in [2.45, 2.75) is 39.8 Å². The molecule has 2 aromatic heterocycles. The van der Waals surface area contributed by atoms with Crippen LogP contribution in [0.4, 0.5) is 10.2 Å². The number of hydrogen-bond donors (Lipinski definition) is 1. The SMILES string of the molecule is Cc1ccc(C(C)C)c(OCc2ccc(C(=O)Nc3ccn(Cc4c(F)cccc4Cl)n3)o2)c1. The van der Waals surface area contributed by atoms with Crippen LogP contribution in [0.25, 0.3) is 0 Å². The van der Waals surface area contributed by atoms with Crippen molar-refractivity contribution in [1.29, 1.82) is 0 Å². The molecule has 2 heterocycles. The van der Waals surface area contributed by atoms with E-state index < -0.39 is 11.7 Å². The van der Waals surface area contributed by atoms with E-state index in [9.17, 15) is 9.18 Å². The molecule has 0 saturated carbocycles. The molecule has 34 heavy (non-hydrogen) atoms. The van der Waals surface area contributed by atoms with E-state index in [4.69, 9.17) is 20.8 Å². The molecule has 0 fully saturated rings. The van der Waals surface area contributed by atoms with Crippen LogP contribution >= 0.6 is 11.6 Å². The van der Waals surface area contributed by atoms with Crippen LogP contribution < -0.4 is 10.1 Å². The third-order valence-corrected chi connectivity index (χ3v) is 5.66. The number of nitrogens with one attached hydrogen (secondary N) is 1. The summed E-state index contributed by atoms with van der Waals surface area (Å²) in [7, 11) is 0. The number of rotatable bonds is 8. The maximum atomic E-state index is 14.0. The molecular formula is C26H25ClFN3O3. The Labute approximate surface area is 202 Å². The van der Waals surface area contributed by atoms with Crippen LogP contribution in [-0.2, 0) is 13.2 Å². The summed E-state index contributed by atoms with van der Waals surface area (Å²) < 4.78 is 27.1. The average molecular weight is 482 g/mol. The van der Waals surface area contributed by atoms with Gasteiger partial charge >= 0.3 is 0 Å². The zero-order chi connectivity index (χ0) is 24.2. The molecule has 0 bridgehead atoms. The number of carbonyl (C=O) groups excluding carboxylic acids is 1. The molecule has 0 aliphatic rings. The normalized spacial score (nSPS) is 11.1. The molecule has 0 aliphatic heterocycles. The summed E-state index contributed by atoms with van der Waals surface area (Å²) in [4.78, 5) is 12.6. The molecule has 0 radical (unpaired) electrons. The molecule has 0 aliphatic carbocycles. The van der Waals surface area contributed by atoms with Crippen molar-refractivity contribution < 1.29 is 18.3 Å². The van der Waals surface area contributed by atoms with Crippen molar-refractivity contribution >= 4 is 23.3 Å². The van der Waals surface area contributed by atoms with Crippen LogP contribution in [0, 0.1) is 12.7 Å². The fourth-order valence-electron chi connectivity index (χ4n) is 3.51. The Balaban J connectivity index is 1.38. The fraction of sp³-hybridized carbons (Fsp3) is 0.231. The third kappa shape index (κ3) is 5.48. The summed E-state index contributed by atoms with van der Waals surface area (Å²) in [5.41, 5.74) is 2.55. The predicted octanol–water partition coefficient (Wildman–Crippen LogP) is 6.58. The van der Waals surface area contributed by atoms with E-state index in [0.29, 0.717) is 28.1 Å². The van der Waals surface area contributed by atoms with E-state index in [-0.39, 0.29) is 18.9 Å². The molecule has 4 aromatic rings. The monoisotopic (exact) mass is 481 g/mol. The van der Waals surface area contributed by atoms with Gasteiger partial charge in [-0.2, -0.15) is 5.10 Å². The summed E-state index contributed by atoms with van der Waals surface area (Å²) in [5.74, 6) is 1.25. The Morgan fingerprint density at radius 1 is 1.21 bits per heavy atom. The number of anilines is 1. The quantitative estimate of drug-likeness (QED) is 0.308. The lowest BCUT2D eigenvalue weighted by atomic mass is 10.0. The minimum absolute atomic E-state index is 0.138. The largest absolute Gasteiger partial charge is 0.485 e. The highest BCUT2D eigenvalue weighted by Crippen LogP contribution is 2.28. The number of amides is 1. The average Bonchev–Trinajstić information content (AvgIpc) is 3.44. The maximum Gasteiger partial charge on any atom is 0.292 e. The lowest BCUT2D eigenvalue weighted by Gasteiger charge is -2.14. The van der Waals surface area contributed by atoms with Crippen LogP contribution in [0.5, 0.6) is 5.75 Å². The van der Waals surface area contributed by atoms with Crippen molar-refractivity contribution in [3.63, 3.8) is 0 Å². The summed E-state index contributed by atoms with van der Waals surface area (Å²) in [5, 5.41) is 7.26. The summed E-state index contributed by atoms with van der Waals surface area (Å²) in [6.07, 6.45) is 1.63. The van der Waals surface area contributed by atoms with Gasteiger partial charge in [0.25, 0.3) is 5.91 Å². The van der Waals surface area contributed by atoms with E-state index >= 15 is 0 Å². The number of nitrogens with zero attached hydrogens (tertiary/aromatic N) is 2. The van der Waals surface area contributed by atoms with Gasteiger partial charge in [-0.1, -0.05) is 43.6 Å². The zero-order valence-corrected chi connectivity index (χ0v) is 19.9. The van der Waals surface area contributed by atoms with Crippen LogP contribution in [-0.4, -0.2) is 15.7 Å². The van der Waals surface area contributed by atoms with Gasteiger partial charge in [0.1, 0.15) is 23.9 Å². The Morgan fingerprint density at radius 2 is 2.03 bits per heavy atom. The van der Waals surface area contributed by atoms with Gasteiger partial charge in [0.2, 0.25) is 0 Å². The molecule has 0 spiro atoms. The topological polar surface area (TPSA) is 69.3 Å². The Morgan fingerprint density at radius 3 is 2.79 bits per heavy atom. The summed E-state index contributed by atoms with van der Waals surface area (Å²) in [6, 6.07) is 15.5. The number of halogens is 2. The van der Waals surface area contributed by atoms with Crippen molar-refractivity contribution in [2.24, 2.45) is 0 Å². The van der Waals surface area contributed by atoms with E-state index in [1.807, 2.05) is 13.0 Å². The molecule has 1 N–H and O–H groups in total. The van der Waals surface area contributed by atoms with Crippen molar-refractivity contribution in [3.05, 3.63) is 99.8 Å². The van der Waals surface area contributed by atoms with Gasteiger partial charge in [-0.15, -0.1) is 0 Å². The number of furan rings is 1. The highest BCUT2D eigenvalue weighted by Gasteiger charge is 2.15. The van der Waals surface area contributed by atoms with E-state index in [0.717, 1.165) is 16.9 Å². The molecule has 6 nitrogen and oxygen atoms in total. The third-order valence-electron chi connectivity index (χ3n) is 5.31. The minimum atomic E-state index is -0.446. The zero-order valence-electron chi connectivity index (χ0n) is 19.1. The van der Waals surface area contributed by atoms with Gasteiger partial charge in [-0.05, 0) is 54.3 Å². The van der Waals surface area contributed by atoms with Crippen LogP contribution in [0.3, 0.4) is 0 Å². The Kier molecular flexibility index (Phi) is 7.03. The van der Waals surface area contributed by atoms with Gasteiger partial charge in [0.15, 0.2) is 11.6 Å². The molecular weight excluding hydrogens is 457 g/mol. The molecule has 176 valence electrons. The van der Waals surface area contributed by atoms with Crippen LogP contribution in [0.15, 0.2) is 65.2 Å². The second-order valence-electron chi connectivity index (χ2n) is 8.30. The first kappa shape index (κ1) is 23.6. The summed E-state index contributed by atoms with van der Waals surface area (Å²) in [6.45, 7) is 6.58. The maximum absolute atomic E-state index is 14.0. The lowest BCUT2D eigenvalue weighted by Crippen LogP contribution is -2.12. The molecule has 4 rings (SSSR count). The second-order valence-corrected chi connectivity index (χ2v) is 8.71. The number of ether oxygens (including phenoxy) is 1. The second kappa shape index (κ2) is 10.1. The van der Waals surface area contributed by atoms with E-state index in [2.05, 4.69) is 36.4 Å². The highest BCUT2D eigenvalue weighted by atomic mass is 35.5. The molecule has 1 amide bonds. The number of aromatic nitrogens is 2. The van der Waals surface area contributed by atoms with Gasteiger partial charge in [-0.25, -0.2) is 4.39 Å². The highest BCUT2D eigenvalue weighted by molar-refractivity contribution is 6.31. The number of hydrogen-bond acceptors (Lipinski definition) is 4. The lowest BCUT2D eigenvalue weighted by molar-refractivity contribution is 0.0992. The minimum Gasteiger partial charge on any atom is -0.485 e. The molecule has 0 atom stereocenters. The van der Waals surface area contributed by atoms with E-state index in [1.54, 1.807) is 36.5 Å². The summed E-state index contributed by atoms with van der Waals surface area (Å²) >= 11 is 6.08. The van der Waals surface area contributed by atoms with Gasteiger partial charge in [0, 0.05) is 22.8 Å². The van der Waals surface area contributed by atoms with E-state index in [1.165, 1.54) is 10.7 Å². The first-order valence-electron chi connectivity index (χ1n) is 10.9. The number of aryl methyl sites for hydroxylation is 1. The Hall–Kier alpha value is -3.58. The van der Waals surface area contributed by atoms with Crippen molar-refractivity contribution in [1.82, 2.24) is 9.78 Å². The predicted molar refractivity (Wildman–Crippen MR) is 129 cm³/mol. The van der Waals surface area contributed by atoms with Crippen molar-refractivity contribution in [3.8, 4) is 5.75 Å². The van der Waals surface area contributed by atoms with Crippen molar-refractivity contribution in [2.75, 3.05) is 5.32 Å². The number of carbonyl (C=O) groups is 1. The number of benzene rings is 2. The van der Waals surface area contributed by atoms with Gasteiger partial charge < -0.3 is 14.5 Å². The molecule has 0 unspecified atom stereocenters. The van der Waals surface area contributed by atoms with Gasteiger partial charge in [-0.3, -0.25) is 9.48 Å². The van der Waals surface area contributed by atoms with Crippen LogP contribution in [0.2, 0.25) is 5.02 Å². The molecule has 8 heteroatoms. The first-order chi connectivity index (χ1) is 16.3. The van der Waals surface area contributed by atoms with Crippen LogP contribution in [0.1, 0.15) is 52.8 Å². The fourth-order valence-corrected chi connectivity index (χ4v) is 3.73. The van der Waals surface area contributed by atoms with Gasteiger partial charge in [0.05, 0.1) is 6.54 Å². The molecule has 0 saturated heterocycles. The smallest absolute Gasteiger partial charge is 0.292 e. The molecule has 2 aromatic carbocycles. The first-order valence-corrected chi connectivity index (χ1v) is 11.3. The standard InChI is InChI=1S/C26H25ClFN3O3/c1-16(2)19-9-7-17(3)13-24(19)33-15-18-8-10-23(34-18)26(32)29-25-11-12-31(30-25)14-20-21(27)5-4-6-22(20)28/h4-13,16H,14-15H2,1-3H3,(H,29,30,32). The Bertz CT molecular complexity index is 1290.